The summed E-state index contributed by atoms with van der Waals surface area (Å²) in [5.41, 5.74) is 0.711. The van der Waals surface area contributed by atoms with Gasteiger partial charge in [0.1, 0.15) is 6.07 Å². The molecule has 1 fully saturated rings. The highest BCUT2D eigenvalue weighted by atomic mass is 35.5. The van der Waals surface area contributed by atoms with Crippen molar-refractivity contribution < 1.29 is 14.3 Å². The Morgan fingerprint density at radius 1 is 1.32 bits per heavy atom. The van der Waals surface area contributed by atoms with Gasteiger partial charge in [-0.1, -0.05) is 30.9 Å². The van der Waals surface area contributed by atoms with E-state index < -0.39 is 5.97 Å². The number of anilines is 1. The van der Waals surface area contributed by atoms with Crippen molar-refractivity contribution in [2.24, 2.45) is 0 Å². The maximum Gasteiger partial charge on any atom is 0.350 e. The molecular weight excluding hydrogens is 342 g/mol. The molecule has 1 aromatic rings. The van der Waals surface area contributed by atoms with Crippen LogP contribution in [0.25, 0.3) is 0 Å². The first-order valence-electron chi connectivity index (χ1n) is 8.10. The van der Waals surface area contributed by atoms with Crippen molar-refractivity contribution in [1.82, 2.24) is 5.32 Å². The number of nitrogens with one attached hydrogen (secondary N) is 2. The second kappa shape index (κ2) is 9.09. The summed E-state index contributed by atoms with van der Waals surface area (Å²) in [4.78, 5) is 23.8. The zero-order valence-corrected chi connectivity index (χ0v) is 14.7. The molecule has 0 aliphatic heterocycles. The highest BCUT2D eigenvalue weighted by Crippen LogP contribution is 2.23. The average molecular weight is 362 g/mol. The number of amides is 1. The molecule has 0 bridgehead atoms. The zero-order chi connectivity index (χ0) is 18.2. The molecule has 7 heteroatoms. The number of esters is 1. The Hall–Kier alpha value is -2.52. The smallest absolute Gasteiger partial charge is 0.350 e. The van der Waals surface area contributed by atoms with Gasteiger partial charge in [0.05, 0.1) is 17.7 Å². The van der Waals surface area contributed by atoms with E-state index in [0.717, 1.165) is 25.7 Å². The van der Waals surface area contributed by atoms with Gasteiger partial charge in [-0.15, -0.1) is 0 Å². The Balaban J connectivity index is 2.11. The molecule has 0 heterocycles. The summed E-state index contributed by atoms with van der Waals surface area (Å²) in [7, 11) is 1.20. The van der Waals surface area contributed by atoms with E-state index in [0.29, 0.717) is 16.3 Å². The molecule has 1 saturated carbocycles. The summed E-state index contributed by atoms with van der Waals surface area (Å²) in [6.45, 7) is 0. The number of rotatable bonds is 5. The van der Waals surface area contributed by atoms with Crippen LogP contribution in [0.5, 0.6) is 0 Å². The predicted molar refractivity (Wildman–Crippen MR) is 95.1 cm³/mol. The number of halogens is 1. The fraction of sp³-hybridized carbons (Fsp3) is 0.389. The van der Waals surface area contributed by atoms with Crippen molar-refractivity contribution in [1.29, 1.82) is 5.26 Å². The molecule has 1 amide bonds. The van der Waals surface area contributed by atoms with Gasteiger partial charge in [0.2, 0.25) is 0 Å². The topological polar surface area (TPSA) is 91.2 Å². The van der Waals surface area contributed by atoms with E-state index in [1.54, 1.807) is 24.3 Å². The molecule has 0 unspecified atom stereocenters. The molecule has 1 aliphatic carbocycles. The van der Waals surface area contributed by atoms with Crippen molar-refractivity contribution in [3.05, 3.63) is 40.6 Å². The van der Waals surface area contributed by atoms with Crippen LogP contribution < -0.4 is 10.6 Å². The normalized spacial score (nSPS) is 15.2. The summed E-state index contributed by atoms with van der Waals surface area (Å²) >= 11 is 6.14. The van der Waals surface area contributed by atoms with Gasteiger partial charge in [-0.05, 0) is 31.0 Å². The van der Waals surface area contributed by atoms with E-state index in [-0.39, 0.29) is 17.5 Å². The number of methoxy groups -OCH3 is 1. The van der Waals surface area contributed by atoms with Crippen LogP contribution in [0.15, 0.2) is 30.0 Å². The Bertz CT molecular complexity index is 719. The van der Waals surface area contributed by atoms with Crippen molar-refractivity contribution in [2.75, 3.05) is 12.4 Å². The van der Waals surface area contributed by atoms with Gasteiger partial charge in [-0.2, -0.15) is 5.26 Å². The first-order chi connectivity index (χ1) is 12.0. The number of hydrogen-bond acceptors (Lipinski definition) is 5. The van der Waals surface area contributed by atoms with E-state index >= 15 is 0 Å². The summed E-state index contributed by atoms with van der Waals surface area (Å²) < 4.78 is 4.50. The van der Waals surface area contributed by atoms with Gasteiger partial charge in [0.15, 0.2) is 5.57 Å². The van der Waals surface area contributed by atoms with Crippen molar-refractivity contribution in [3.8, 4) is 6.07 Å². The van der Waals surface area contributed by atoms with Crippen LogP contribution in [0, 0.1) is 11.3 Å². The van der Waals surface area contributed by atoms with E-state index in [9.17, 15) is 9.59 Å². The van der Waals surface area contributed by atoms with Crippen LogP contribution in [-0.4, -0.2) is 25.0 Å². The number of carbonyl (C=O) groups excluding carboxylic acids is 2. The van der Waals surface area contributed by atoms with Crippen LogP contribution in [0.3, 0.4) is 0 Å². The zero-order valence-electron chi connectivity index (χ0n) is 14.0. The summed E-state index contributed by atoms with van der Waals surface area (Å²) in [5.74, 6) is -0.961. The molecule has 0 aromatic heterocycles. The van der Waals surface area contributed by atoms with Crippen molar-refractivity contribution >= 4 is 29.2 Å². The van der Waals surface area contributed by atoms with Gasteiger partial charge >= 0.3 is 5.97 Å². The van der Waals surface area contributed by atoms with Crippen molar-refractivity contribution in [2.45, 2.75) is 38.1 Å². The van der Waals surface area contributed by atoms with Crippen molar-refractivity contribution in [3.63, 3.8) is 0 Å². The molecule has 132 valence electrons. The fourth-order valence-corrected chi connectivity index (χ4v) is 2.90. The maximum absolute atomic E-state index is 12.5. The number of carbonyl (C=O) groups is 2. The van der Waals surface area contributed by atoms with E-state index in [1.807, 2.05) is 0 Å². The Kier molecular flexibility index (Phi) is 6.84. The third-order valence-corrected chi connectivity index (χ3v) is 4.39. The third-order valence-electron chi connectivity index (χ3n) is 4.06. The Morgan fingerprint density at radius 3 is 2.68 bits per heavy atom. The lowest BCUT2D eigenvalue weighted by atomic mass is 9.95. The summed E-state index contributed by atoms with van der Waals surface area (Å²) in [6, 6.07) is 6.76. The molecule has 25 heavy (non-hydrogen) atoms. The Labute approximate surface area is 151 Å². The molecule has 0 atom stereocenters. The SMILES string of the molecule is COC(=O)/C(C#N)=C\Nc1ccc(Cl)c(C(=O)NC2CCCCC2)c1. The fourth-order valence-electron chi connectivity index (χ4n) is 2.70. The van der Waals surface area contributed by atoms with Gasteiger partial charge in [-0.3, -0.25) is 4.79 Å². The monoisotopic (exact) mass is 361 g/mol. The highest BCUT2D eigenvalue weighted by molar-refractivity contribution is 6.34. The van der Waals surface area contributed by atoms with Crippen LogP contribution in [-0.2, 0) is 9.53 Å². The lowest BCUT2D eigenvalue weighted by Crippen LogP contribution is -2.36. The second-order valence-corrected chi connectivity index (χ2v) is 6.22. The molecule has 0 radical (unpaired) electrons. The van der Waals surface area contributed by atoms with Gasteiger partial charge in [-0.25, -0.2) is 4.79 Å². The molecule has 2 rings (SSSR count). The van der Waals surface area contributed by atoms with Gasteiger partial charge < -0.3 is 15.4 Å². The quantitative estimate of drug-likeness (QED) is 0.476. The standard InChI is InChI=1S/C18H20ClN3O3/c1-25-18(24)12(10-20)11-21-14-7-8-16(19)15(9-14)17(23)22-13-5-3-2-4-6-13/h7-9,11,13,21H,2-6H2,1H3,(H,22,23)/b12-11-. The number of nitrogens with zero attached hydrogens (tertiary/aromatic N) is 1. The lowest BCUT2D eigenvalue weighted by Gasteiger charge is -2.23. The number of benzene rings is 1. The van der Waals surface area contributed by atoms with Crippen LogP contribution >= 0.6 is 11.6 Å². The number of hydrogen-bond donors (Lipinski definition) is 2. The predicted octanol–water partition coefficient (Wildman–Crippen LogP) is 3.39. The highest BCUT2D eigenvalue weighted by Gasteiger charge is 2.18. The van der Waals surface area contributed by atoms with Crippen LogP contribution in [0.2, 0.25) is 5.02 Å². The molecule has 6 nitrogen and oxygen atoms in total. The first-order valence-corrected chi connectivity index (χ1v) is 8.48. The Morgan fingerprint density at radius 2 is 2.04 bits per heavy atom. The number of ether oxygens (including phenoxy) is 1. The molecule has 2 N–H and O–H groups in total. The van der Waals surface area contributed by atoms with Gasteiger partial charge in [0.25, 0.3) is 5.91 Å². The molecule has 0 saturated heterocycles. The molecular formula is C18H20ClN3O3. The number of nitriles is 1. The lowest BCUT2D eigenvalue weighted by molar-refractivity contribution is -0.135. The minimum Gasteiger partial charge on any atom is -0.465 e. The summed E-state index contributed by atoms with van der Waals surface area (Å²) in [6.07, 6.45) is 6.65. The van der Waals surface area contributed by atoms with Gasteiger partial charge in [0, 0.05) is 17.9 Å². The molecule has 1 aromatic carbocycles. The largest absolute Gasteiger partial charge is 0.465 e. The van der Waals surface area contributed by atoms with E-state index in [2.05, 4.69) is 15.4 Å². The van der Waals surface area contributed by atoms with Crippen LogP contribution in [0.4, 0.5) is 5.69 Å². The third kappa shape index (κ3) is 5.23. The minimum atomic E-state index is -0.737. The maximum atomic E-state index is 12.5. The van der Waals surface area contributed by atoms with Crippen LogP contribution in [0.1, 0.15) is 42.5 Å². The van der Waals surface area contributed by atoms with E-state index in [1.165, 1.54) is 19.7 Å². The summed E-state index contributed by atoms with van der Waals surface area (Å²) in [5, 5.41) is 15.1. The average Bonchev–Trinajstić information content (AvgIpc) is 2.63. The van der Waals surface area contributed by atoms with E-state index in [4.69, 9.17) is 16.9 Å². The first kappa shape index (κ1) is 18.8. The molecule has 0 spiro atoms. The molecule has 1 aliphatic rings. The second-order valence-electron chi connectivity index (χ2n) is 5.81. The minimum absolute atomic E-state index is 0.175.